The molecule has 0 bridgehead atoms. The Labute approximate surface area is 139 Å². The molecule has 6 heteroatoms. The van der Waals surface area contributed by atoms with Gasteiger partial charge in [0.2, 0.25) is 5.91 Å². The van der Waals surface area contributed by atoms with Crippen molar-refractivity contribution in [3.8, 4) is 0 Å². The summed E-state index contributed by atoms with van der Waals surface area (Å²) in [6, 6.07) is 6.37. The van der Waals surface area contributed by atoms with E-state index in [4.69, 9.17) is 0 Å². The molecule has 5 nitrogen and oxygen atoms in total. The van der Waals surface area contributed by atoms with E-state index in [9.17, 15) is 14.7 Å². The summed E-state index contributed by atoms with van der Waals surface area (Å²) >= 11 is 3.34. The lowest BCUT2D eigenvalue weighted by molar-refractivity contribution is -0.141. The van der Waals surface area contributed by atoms with Crippen LogP contribution in [0.25, 0.3) is 0 Å². The second-order valence-electron chi connectivity index (χ2n) is 5.14. The standard InChI is InChI=1S/C16H23BrN2O3/c1-2-3-4-7-10-18-14(16(21)22)11-15(20)19-13-9-6-5-8-12(13)17/h5-6,8-9,14,18H,2-4,7,10-11H2,1H3,(H,19,20)(H,21,22). The molecule has 1 aromatic rings. The lowest BCUT2D eigenvalue weighted by Crippen LogP contribution is -2.40. The average Bonchev–Trinajstić information content (AvgIpc) is 2.48. The minimum atomic E-state index is -1.00. The first kappa shape index (κ1) is 18.6. The Balaban J connectivity index is 2.44. The lowest BCUT2D eigenvalue weighted by atomic mass is 10.1. The summed E-state index contributed by atoms with van der Waals surface area (Å²) in [6.07, 6.45) is 4.17. The Morgan fingerprint density at radius 3 is 2.59 bits per heavy atom. The van der Waals surface area contributed by atoms with E-state index in [-0.39, 0.29) is 12.3 Å². The summed E-state index contributed by atoms with van der Waals surface area (Å²) in [7, 11) is 0. The monoisotopic (exact) mass is 370 g/mol. The van der Waals surface area contributed by atoms with Crippen molar-refractivity contribution in [2.45, 2.75) is 45.1 Å². The van der Waals surface area contributed by atoms with Crippen LogP contribution in [0.3, 0.4) is 0 Å². The Kier molecular flexibility index (Phi) is 8.77. The average molecular weight is 371 g/mol. The summed E-state index contributed by atoms with van der Waals surface area (Å²) in [4.78, 5) is 23.2. The normalized spacial score (nSPS) is 11.9. The van der Waals surface area contributed by atoms with Gasteiger partial charge in [0, 0.05) is 4.47 Å². The summed E-state index contributed by atoms with van der Waals surface area (Å²) in [5.41, 5.74) is 0.639. The number of unbranched alkanes of at least 4 members (excludes halogenated alkanes) is 3. The van der Waals surface area contributed by atoms with Crippen molar-refractivity contribution in [3.63, 3.8) is 0 Å². The minimum Gasteiger partial charge on any atom is -0.480 e. The molecule has 0 aliphatic carbocycles. The van der Waals surface area contributed by atoms with E-state index in [0.717, 1.165) is 30.2 Å². The highest BCUT2D eigenvalue weighted by Gasteiger charge is 2.20. The van der Waals surface area contributed by atoms with Gasteiger partial charge in [-0.15, -0.1) is 0 Å². The summed E-state index contributed by atoms with van der Waals surface area (Å²) < 4.78 is 0.766. The molecule has 22 heavy (non-hydrogen) atoms. The molecule has 1 atom stereocenters. The molecule has 0 spiro atoms. The van der Waals surface area contributed by atoms with Crippen LogP contribution in [0.15, 0.2) is 28.7 Å². The SMILES string of the molecule is CCCCCCNC(CC(=O)Nc1ccccc1Br)C(=O)O. The Morgan fingerprint density at radius 2 is 1.95 bits per heavy atom. The number of para-hydroxylation sites is 1. The van der Waals surface area contributed by atoms with E-state index in [1.807, 2.05) is 12.1 Å². The number of rotatable bonds is 10. The van der Waals surface area contributed by atoms with Crippen molar-refractivity contribution in [2.75, 3.05) is 11.9 Å². The maximum absolute atomic E-state index is 12.0. The van der Waals surface area contributed by atoms with Crippen LogP contribution in [0.1, 0.15) is 39.0 Å². The molecule has 1 rings (SSSR count). The van der Waals surface area contributed by atoms with Crippen molar-refractivity contribution >= 4 is 33.5 Å². The van der Waals surface area contributed by atoms with E-state index in [0.29, 0.717) is 12.2 Å². The number of anilines is 1. The molecule has 1 unspecified atom stereocenters. The van der Waals surface area contributed by atoms with Gasteiger partial charge in [0.1, 0.15) is 6.04 Å². The zero-order valence-electron chi connectivity index (χ0n) is 12.8. The minimum absolute atomic E-state index is 0.0928. The van der Waals surface area contributed by atoms with E-state index in [1.54, 1.807) is 12.1 Å². The van der Waals surface area contributed by atoms with E-state index in [1.165, 1.54) is 0 Å². The number of hydrogen-bond acceptors (Lipinski definition) is 3. The Morgan fingerprint density at radius 1 is 1.23 bits per heavy atom. The van der Waals surface area contributed by atoms with Gasteiger partial charge in [0.25, 0.3) is 0 Å². The third kappa shape index (κ3) is 7.04. The van der Waals surface area contributed by atoms with Crippen molar-refractivity contribution < 1.29 is 14.7 Å². The fraction of sp³-hybridized carbons (Fsp3) is 0.500. The van der Waals surface area contributed by atoms with Crippen molar-refractivity contribution in [2.24, 2.45) is 0 Å². The number of hydrogen-bond donors (Lipinski definition) is 3. The lowest BCUT2D eigenvalue weighted by Gasteiger charge is -2.14. The van der Waals surface area contributed by atoms with Crippen LogP contribution in [-0.2, 0) is 9.59 Å². The summed E-state index contributed by atoms with van der Waals surface area (Å²) in [5.74, 6) is -1.32. The quantitative estimate of drug-likeness (QED) is 0.551. The Bertz CT molecular complexity index is 494. The van der Waals surface area contributed by atoms with Crippen LogP contribution in [0.5, 0.6) is 0 Å². The van der Waals surface area contributed by atoms with E-state index >= 15 is 0 Å². The molecule has 0 saturated heterocycles. The van der Waals surface area contributed by atoms with Crippen LogP contribution in [0, 0.1) is 0 Å². The smallest absolute Gasteiger partial charge is 0.321 e. The molecule has 0 heterocycles. The number of nitrogens with one attached hydrogen (secondary N) is 2. The number of benzene rings is 1. The van der Waals surface area contributed by atoms with Gasteiger partial charge in [-0.05, 0) is 41.0 Å². The number of aliphatic carboxylic acids is 1. The van der Waals surface area contributed by atoms with Gasteiger partial charge < -0.3 is 15.7 Å². The largest absolute Gasteiger partial charge is 0.480 e. The molecule has 0 saturated carbocycles. The maximum atomic E-state index is 12.0. The maximum Gasteiger partial charge on any atom is 0.321 e. The van der Waals surface area contributed by atoms with Gasteiger partial charge >= 0.3 is 5.97 Å². The number of carbonyl (C=O) groups excluding carboxylic acids is 1. The van der Waals surface area contributed by atoms with Crippen LogP contribution >= 0.6 is 15.9 Å². The molecular formula is C16H23BrN2O3. The van der Waals surface area contributed by atoms with Crippen LogP contribution in [0.4, 0.5) is 5.69 Å². The number of amides is 1. The number of carboxylic acids is 1. The first-order valence-corrected chi connectivity index (χ1v) is 8.34. The van der Waals surface area contributed by atoms with E-state index in [2.05, 4.69) is 33.5 Å². The second-order valence-corrected chi connectivity index (χ2v) is 5.99. The molecule has 0 aliphatic heterocycles. The van der Waals surface area contributed by atoms with Crippen LogP contribution in [0.2, 0.25) is 0 Å². The van der Waals surface area contributed by atoms with Crippen molar-refractivity contribution in [1.82, 2.24) is 5.32 Å². The van der Waals surface area contributed by atoms with Gasteiger partial charge in [-0.1, -0.05) is 38.3 Å². The molecule has 3 N–H and O–H groups in total. The Hall–Kier alpha value is -1.40. The number of carbonyl (C=O) groups is 2. The molecule has 1 aromatic carbocycles. The van der Waals surface area contributed by atoms with Crippen LogP contribution < -0.4 is 10.6 Å². The zero-order chi connectivity index (χ0) is 16.4. The van der Waals surface area contributed by atoms with Crippen LogP contribution in [-0.4, -0.2) is 29.6 Å². The molecule has 0 aliphatic rings. The molecule has 1 amide bonds. The molecular weight excluding hydrogens is 348 g/mol. The molecule has 122 valence electrons. The van der Waals surface area contributed by atoms with Gasteiger partial charge in [0.15, 0.2) is 0 Å². The van der Waals surface area contributed by atoms with Crippen molar-refractivity contribution in [3.05, 3.63) is 28.7 Å². The third-order valence-electron chi connectivity index (χ3n) is 3.26. The number of halogens is 1. The van der Waals surface area contributed by atoms with Gasteiger partial charge in [-0.3, -0.25) is 9.59 Å². The highest BCUT2D eigenvalue weighted by atomic mass is 79.9. The molecule has 0 aromatic heterocycles. The summed E-state index contributed by atoms with van der Waals surface area (Å²) in [5, 5.41) is 14.8. The predicted octanol–water partition coefficient (Wildman–Crippen LogP) is 3.40. The predicted molar refractivity (Wildman–Crippen MR) is 91.0 cm³/mol. The first-order valence-electron chi connectivity index (χ1n) is 7.55. The molecule has 0 fully saturated rings. The first-order chi connectivity index (χ1) is 10.5. The number of carboxylic acid groups (broad SMARTS) is 1. The topological polar surface area (TPSA) is 78.4 Å². The van der Waals surface area contributed by atoms with Gasteiger partial charge in [0.05, 0.1) is 12.1 Å². The second kappa shape index (κ2) is 10.3. The zero-order valence-corrected chi connectivity index (χ0v) is 14.4. The van der Waals surface area contributed by atoms with Gasteiger partial charge in [-0.25, -0.2) is 0 Å². The highest BCUT2D eigenvalue weighted by molar-refractivity contribution is 9.10. The third-order valence-corrected chi connectivity index (χ3v) is 3.95. The van der Waals surface area contributed by atoms with Crippen molar-refractivity contribution in [1.29, 1.82) is 0 Å². The summed E-state index contributed by atoms with van der Waals surface area (Å²) in [6.45, 7) is 2.73. The van der Waals surface area contributed by atoms with E-state index < -0.39 is 12.0 Å². The fourth-order valence-electron chi connectivity index (χ4n) is 2.02. The van der Waals surface area contributed by atoms with Gasteiger partial charge in [-0.2, -0.15) is 0 Å². The molecule has 0 radical (unpaired) electrons. The fourth-order valence-corrected chi connectivity index (χ4v) is 2.41. The highest BCUT2D eigenvalue weighted by Crippen LogP contribution is 2.21.